The van der Waals surface area contributed by atoms with Crippen molar-refractivity contribution >= 4 is 11.7 Å². The Labute approximate surface area is 113 Å². The zero-order valence-electron chi connectivity index (χ0n) is 11.8. The summed E-state index contributed by atoms with van der Waals surface area (Å²) in [5.41, 5.74) is 1.95. The number of pyridine rings is 1. The zero-order chi connectivity index (χ0) is 14.0. The Balaban J connectivity index is 2.31. The van der Waals surface area contributed by atoms with Gasteiger partial charge in [0, 0.05) is 37.6 Å². The molecule has 1 unspecified atom stereocenters. The summed E-state index contributed by atoms with van der Waals surface area (Å²) >= 11 is 0. The molecule has 1 atom stereocenters. The van der Waals surface area contributed by atoms with E-state index in [0.717, 1.165) is 37.4 Å². The number of aromatic carboxylic acids is 1. The smallest absolute Gasteiger partial charge is 0.339 e. The number of piperazine rings is 1. The number of carbonyl (C=O) groups is 1. The van der Waals surface area contributed by atoms with Crippen LogP contribution < -0.4 is 4.90 Å². The fourth-order valence-electron chi connectivity index (χ4n) is 2.58. The monoisotopic (exact) mass is 263 g/mol. The van der Waals surface area contributed by atoms with Crippen molar-refractivity contribution in [3.05, 3.63) is 23.5 Å². The third-order valence-corrected chi connectivity index (χ3v) is 3.84. The summed E-state index contributed by atoms with van der Waals surface area (Å²) in [6, 6.07) is 2.35. The van der Waals surface area contributed by atoms with Crippen molar-refractivity contribution < 1.29 is 9.90 Å². The van der Waals surface area contributed by atoms with Gasteiger partial charge >= 0.3 is 5.97 Å². The van der Waals surface area contributed by atoms with Crippen LogP contribution in [0.1, 0.15) is 29.4 Å². The third-order valence-electron chi connectivity index (χ3n) is 3.84. The second-order valence-electron chi connectivity index (χ2n) is 5.14. The fourth-order valence-corrected chi connectivity index (χ4v) is 2.58. The Morgan fingerprint density at radius 1 is 1.53 bits per heavy atom. The molecule has 0 saturated carbocycles. The highest BCUT2D eigenvalue weighted by atomic mass is 16.4. The van der Waals surface area contributed by atoms with Gasteiger partial charge in [0.2, 0.25) is 0 Å². The predicted molar refractivity (Wildman–Crippen MR) is 74.9 cm³/mol. The molecule has 5 nitrogen and oxygen atoms in total. The van der Waals surface area contributed by atoms with Crippen LogP contribution in [0.5, 0.6) is 0 Å². The number of nitrogens with zero attached hydrogens (tertiary/aromatic N) is 3. The Kier molecular flexibility index (Phi) is 4.04. The van der Waals surface area contributed by atoms with E-state index in [-0.39, 0.29) is 0 Å². The number of hydrogen-bond donors (Lipinski definition) is 1. The van der Waals surface area contributed by atoms with Crippen LogP contribution >= 0.6 is 0 Å². The Bertz CT molecular complexity index is 476. The first-order chi connectivity index (χ1) is 9.02. The van der Waals surface area contributed by atoms with Crippen LogP contribution in [0, 0.1) is 6.92 Å². The van der Waals surface area contributed by atoms with E-state index < -0.39 is 5.97 Å². The summed E-state index contributed by atoms with van der Waals surface area (Å²) in [5.74, 6) is -0.908. The molecule has 1 aromatic rings. The van der Waals surface area contributed by atoms with Crippen molar-refractivity contribution in [2.45, 2.75) is 26.3 Å². The number of likely N-dealkylation sites (N-methyl/N-ethyl adjacent to an activating group) is 1. The summed E-state index contributed by atoms with van der Waals surface area (Å²) in [6.07, 6.45) is 2.53. The number of hydrogen-bond acceptors (Lipinski definition) is 4. The summed E-state index contributed by atoms with van der Waals surface area (Å²) < 4.78 is 0. The largest absolute Gasteiger partial charge is 0.478 e. The molecule has 1 N–H and O–H groups in total. The molecule has 2 heterocycles. The van der Waals surface area contributed by atoms with Crippen molar-refractivity contribution in [1.82, 2.24) is 9.88 Å². The molecule has 2 rings (SSSR count). The molecule has 1 saturated heterocycles. The van der Waals surface area contributed by atoms with E-state index in [1.54, 1.807) is 0 Å². The first-order valence-corrected chi connectivity index (χ1v) is 6.68. The predicted octanol–water partition coefficient (Wildman–Crippen LogP) is 1.62. The van der Waals surface area contributed by atoms with Gasteiger partial charge in [-0.2, -0.15) is 0 Å². The van der Waals surface area contributed by atoms with Gasteiger partial charge in [0.05, 0.1) is 5.69 Å². The van der Waals surface area contributed by atoms with E-state index >= 15 is 0 Å². The van der Waals surface area contributed by atoms with Gasteiger partial charge < -0.3 is 10.0 Å². The minimum absolute atomic E-state index is 0.296. The summed E-state index contributed by atoms with van der Waals surface area (Å²) in [6.45, 7) is 6.75. The number of anilines is 1. The van der Waals surface area contributed by atoms with E-state index in [1.807, 2.05) is 13.0 Å². The van der Waals surface area contributed by atoms with Crippen LogP contribution in [0.3, 0.4) is 0 Å². The third kappa shape index (κ3) is 2.87. The Morgan fingerprint density at radius 2 is 2.26 bits per heavy atom. The highest BCUT2D eigenvalue weighted by molar-refractivity contribution is 5.94. The molecule has 5 heteroatoms. The summed E-state index contributed by atoms with van der Waals surface area (Å²) in [7, 11) is 2.13. The standard InChI is InChI=1S/C14H21N3O2/c1-4-11-9-17(6-5-16(11)3)13-7-10(2)15-8-12(13)14(18)19/h7-8,11H,4-6,9H2,1-3H3,(H,18,19). The van der Waals surface area contributed by atoms with Crippen molar-refractivity contribution in [3.8, 4) is 0 Å². The molecule has 0 aliphatic carbocycles. The Morgan fingerprint density at radius 3 is 2.89 bits per heavy atom. The molecule has 0 spiro atoms. The topological polar surface area (TPSA) is 56.7 Å². The molecule has 1 aliphatic heterocycles. The number of aryl methyl sites for hydroxylation is 1. The first kappa shape index (κ1) is 13.8. The lowest BCUT2D eigenvalue weighted by Gasteiger charge is -2.40. The lowest BCUT2D eigenvalue weighted by atomic mass is 10.1. The molecule has 0 aromatic carbocycles. The van der Waals surface area contributed by atoms with Gasteiger partial charge in [0.25, 0.3) is 0 Å². The fraction of sp³-hybridized carbons (Fsp3) is 0.571. The Hall–Kier alpha value is -1.62. The van der Waals surface area contributed by atoms with Gasteiger partial charge in [-0.25, -0.2) is 4.79 Å². The SMILES string of the molecule is CCC1CN(c2cc(C)ncc2C(=O)O)CCN1C. The van der Waals surface area contributed by atoms with E-state index in [2.05, 4.69) is 28.8 Å². The van der Waals surface area contributed by atoms with Crippen LogP contribution in [0.25, 0.3) is 0 Å². The molecule has 0 radical (unpaired) electrons. The average molecular weight is 263 g/mol. The number of aromatic nitrogens is 1. The van der Waals surface area contributed by atoms with Crippen molar-refractivity contribution in [2.75, 3.05) is 31.6 Å². The van der Waals surface area contributed by atoms with Gasteiger partial charge in [-0.1, -0.05) is 6.92 Å². The van der Waals surface area contributed by atoms with E-state index in [9.17, 15) is 9.90 Å². The van der Waals surface area contributed by atoms with Gasteiger partial charge in [-0.15, -0.1) is 0 Å². The lowest BCUT2D eigenvalue weighted by Crippen LogP contribution is -2.51. The van der Waals surface area contributed by atoms with Gasteiger partial charge in [0.1, 0.15) is 5.56 Å². The van der Waals surface area contributed by atoms with E-state index in [4.69, 9.17) is 0 Å². The van der Waals surface area contributed by atoms with Crippen LogP contribution in [0.15, 0.2) is 12.3 Å². The van der Waals surface area contributed by atoms with E-state index in [0.29, 0.717) is 11.6 Å². The van der Waals surface area contributed by atoms with Crippen molar-refractivity contribution in [3.63, 3.8) is 0 Å². The normalized spacial score (nSPS) is 20.6. The second-order valence-corrected chi connectivity index (χ2v) is 5.14. The molecule has 0 bridgehead atoms. The summed E-state index contributed by atoms with van der Waals surface area (Å²) in [5, 5.41) is 9.29. The molecule has 1 fully saturated rings. The number of carboxylic acids is 1. The molecule has 1 aliphatic rings. The minimum atomic E-state index is -0.908. The van der Waals surface area contributed by atoms with Crippen LogP contribution in [-0.4, -0.2) is 53.7 Å². The number of carboxylic acid groups (broad SMARTS) is 1. The van der Waals surface area contributed by atoms with Crippen LogP contribution in [-0.2, 0) is 0 Å². The maximum absolute atomic E-state index is 11.3. The van der Waals surface area contributed by atoms with Gasteiger partial charge in [-0.05, 0) is 26.5 Å². The molecule has 1 aromatic heterocycles. The highest BCUT2D eigenvalue weighted by Crippen LogP contribution is 2.24. The number of rotatable bonds is 3. The van der Waals surface area contributed by atoms with Crippen molar-refractivity contribution in [2.24, 2.45) is 0 Å². The molecular formula is C14H21N3O2. The maximum Gasteiger partial charge on any atom is 0.339 e. The molecule has 104 valence electrons. The van der Waals surface area contributed by atoms with Crippen LogP contribution in [0.2, 0.25) is 0 Å². The lowest BCUT2D eigenvalue weighted by molar-refractivity contribution is 0.0696. The average Bonchev–Trinajstić information content (AvgIpc) is 2.38. The maximum atomic E-state index is 11.3. The molecule has 0 amide bonds. The minimum Gasteiger partial charge on any atom is -0.478 e. The first-order valence-electron chi connectivity index (χ1n) is 6.68. The van der Waals surface area contributed by atoms with Crippen LogP contribution in [0.4, 0.5) is 5.69 Å². The van der Waals surface area contributed by atoms with Gasteiger partial charge in [-0.3, -0.25) is 9.88 Å². The quantitative estimate of drug-likeness (QED) is 0.898. The molecule has 19 heavy (non-hydrogen) atoms. The van der Waals surface area contributed by atoms with Crippen molar-refractivity contribution in [1.29, 1.82) is 0 Å². The van der Waals surface area contributed by atoms with E-state index in [1.165, 1.54) is 6.20 Å². The highest BCUT2D eigenvalue weighted by Gasteiger charge is 2.25. The second kappa shape index (κ2) is 5.57. The molecular weight excluding hydrogens is 242 g/mol. The summed E-state index contributed by atoms with van der Waals surface area (Å²) in [4.78, 5) is 19.9. The zero-order valence-corrected chi connectivity index (χ0v) is 11.8. The van der Waals surface area contributed by atoms with Gasteiger partial charge in [0.15, 0.2) is 0 Å².